The molecule has 1 aliphatic heterocycles. The number of allylic oxidation sites excluding steroid dienone is 2. The third-order valence-electron chi connectivity index (χ3n) is 3.20. The topological polar surface area (TPSA) is 59.6 Å². The molecule has 1 aliphatic rings. The second-order valence-electron chi connectivity index (χ2n) is 4.51. The van der Waals surface area contributed by atoms with Gasteiger partial charge in [-0.1, -0.05) is 19.9 Å². The van der Waals surface area contributed by atoms with Crippen molar-refractivity contribution >= 4 is 5.84 Å². The Balaban J connectivity index is 3.11. The first-order valence-electron chi connectivity index (χ1n) is 6.10. The molecule has 0 saturated heterocycles. The molecule has 1 heterocycles. The number of hydrogen-bond donors (Lipinski definition) is 2. The second-order valence-corrected chi connectivity index (χ2v) is 4.51. The van der Waals surface area contributed by atoms with Gasteiger partial charge in [0.25, 0.3) is 0 Å². The van der Waals surface area contributed by atoms with Crippen molar-refractivity contribution in [1.29, 1.82) is 0 Å². The van der Waals surface area contributed by atoms with E-state index < -0.39 is 5.54 Å². The van der Waals surface area contributed by atoms with Crippen LogP contribution >= 0.6 is 0 Å². The number of hydrogen-bond acceptors (Lipinski definition) is 4. The van der Waals surface area contributed by atoms with E-state index in [1.807, 2.05) is 6.08 Å². The van der Waals surface area contributed by atoms with E-state index >= 15 is 0 Å². The van der Waals surface area contributed by atoms with Crippen LogP contribution in [-0.4, -0.2) is 18.4 Å². The van der Waals surface area contributed by atoms with Gasteiger partial charge in [0.1, 0.15) is 17.1 Å². The standard InChI is InChI=1S/C13H23N3O/c1-5-7-11(17-15-4)13(3)10(2)8-6-9-12(14)16-13/h6-7,9-10,15H,5,8H2,1-4H3,(H2,14,16)/b11-7+/t10?,13-/m0/s1. The minimum Gasteiger partial charge on any atom is -0.411 e. The molecule has 4 heteroatoms. The van der Waals surface area contributed by atoms with Crippen LogP contribution in [0, 0.1) is 5.92 Å². The summed E-state index contributed by atoms with van der Waals surface area (Å²) in [7, 11) is 1.75. The van der Waals surface area contributed by atoms with Gasteiger partial charge in [0.15, 0.2) is 0 Å². The van der Waals surface area contributed by atoms with Crippen LogP contribution in [0.1, 0.15) is 33.6 Å². The maximum Gasteiger partial charge on any atom is 0.147 e. The van der Waals surface area contributed by atoms with Crippen LogP contribution < -0.4 is 11.2 Å². The lowest BCUT2D eigenvalue weighted by molar-refractivity contribution is 0.0808. The molecule has 0 fully saturated rings. The Morgan fingerprint density at radius 3 is 3.06 bits per heavy atom. The van der Waals surface area contributed by atoms with Crippen LogP contribution in [0.15, 0.2) is 29.0 Å². The highest BCUT2D eigenvalue weighted by Gasteiger charge is 2.37. The molecule has 1 rings (SSSR count). The summed E-state index contributed by atoms with van der Waals surface area (Å²) >= 11 is 0. The van der Waals surface area contributed by atoms with Gasteiger partial charge in [-0.2, -0.15) is 5.48 Å². The summed E-state index contributed by atoms with van der Waals surface area (Å²) in [4.78, 5) is 10.1. The maximum absolute atomic E-state index is 5.86. The highest BCUT2D eigenvalue weighted by Crippen LogP contribution is 2.34. The van der Waals surface area contributed by atoms with E-state index in [4.69, 9.17) is 10.6 Å². The van der Waals surface area contributed by atoms with Crippen molar-refractivity contribution in [3.63, 3.8) is 0 Å². The average Bonchev–Trinajstić information content (AvgIpc) is 2.39. The van der Waals surface area contributed by atoms with Gasteiger partial charge >= 0.3 is 0 Å². The molecule has 0 aromatic heterocycles. The van der Waals surface area contributed by atoms with Crippen molar-refractivity contribution < 1.29 is 4.84 Å². The minimum atomic E-state index is -0.410. The van der Waals surface area contributed by atoms with Crippen LogP contribution in [0.3, 0.4) is 0 Å². The number of nitrogens with two attached hydrogens (primary N) is 1. The Hall–Kier alpha value is -1.29. The largest absolute Gasteiger partial charge is 0.411 e. The zero-order chi connectivity index (χ0) is 12.9. The molecule has 17 heavy (non-hydrogen) atoms. The third-order valence-corrected chi connectivity index (χ3v) is 3.20. The molecule has 3 N–H and O–H groups in total. The van der Waals surface area contributed by atoms with Gasteiger partial charge in [-0.05, 0) is 37.8 Å². The molecule has 0 radical (unpaired) electrons. The Morgan fingerprint density at radius 1 is 1.76 bits per heavy atom. The summed E-state index contributed by atoms with van der Waals surface area (Å²) in [6.45, 7) is 6.31. The Kier molecular flexibility index (Phi) is 4.75. The van der Waals surface area contributed by atoms with E-state index in [1.54, 1.807) is 7.05 Å². The zero-order valence-electron chi connectivity index (χ0n) is 11.2. The van der Waals surface area contributed by atoms with Gasteiger partial charge in [-0.15, -0.1) is 0 Å². The van der Waals surface area contributed by atoms with Gasteiger partial charge in [-0.25, -0.2) is 0 Å². The number of amidine groups is 1. The Labute approximate surface area is 104 Å². The fourth-order valence-corrected chi connectivity index (χ4v) is 1.98. The fourth-order valence-electron chi connectivity index (χ4n) is 1.98. The third kappa shape index (κ3) is 3.09. The first-order valence-corrected chi connectivity index (χ1v) is 6.10. The highest BCUT2D eigenvalue weighted by atomic mass is 16.6. The monoisotopic (exact) mass is 237 g/mol. The first-order chi connectivity index (χ1) is 8.04. The molecule has 0 spiro atoms. The molecule has 4 nitrogen and oxygen atoms in total. The molecule has 0 saturated carbocycles. The molecule has 0 aromatic rings. The lowest BCUT2D eigenvalue weighted by atomic mass is 9.83. The molecule has 0 aliphatic carbocycles. The number of rotatable bonds is 4. The van der Waals surface area contributed by atoms with Gasteiger partial charge in [0.2, 0.25) is 0 Å². The zero-order valence-corrected chi connectivity index (χ0v) is 11.2. The first kappa shape index (κ1) is 13.8. The molecule has 0 amide bonds. The van der Waals surface area contributed by atoms with Crippen molar-refractivity contribution in [3.8, 4) is 0 Å². The number of nitrogens with zero attached hydrogens (tertiary/aromatic N) is 1. The fraction of sp³-hybridized carbons (Fsp3) is 0.615. The van der Waals surface area contributed by atoms with E-state index in [1.165, 1.54) is 0 Å². The highest BCUT2D eigenvalue weighted by molar-refractivity contribution is 5.92. The summed E-state index contributed by atoms with van der Waals surface area (Å²) in [5.74, 6) is 1.73. The quantitative estimate of drug-likeness (QED) is 0.582. The van der Waals surface area contributed by atoms with Gasteiger partial charge in [0.05, 0.1) is 0 Å². The molecule has 96 valence electrons. The maximum atomic E-state index is 5.86. The van der Waals surface area contributed by atoms with Crippen LogP contribution in [0.4, 0.5) is 0 Å². The van der Waals surface area contributed by atoms with Crippen LogP contribution in [0.25, 0.3) is 0 Å². The summed E-state index contributed by atoms with van der Waals surface area (Å²) in [5, 5.41) is 0. The molecule has 2 atom stereocenters. The molecular formula is C13H23N3O. The van der Waals surface area contributed by atoms with E-state index in [0.717, 1.165) is 18.6 Å². The smallest absolute Gasteiger partial charge is 0.147 e. The Bertz CT molecular complexity index is 347. The van der Waals surface area contributed by atoms with E-state index in [-0.39, 0.29) is 0 Å². The normalized spacial score (nSPS) is 29.8. The molecule has 1 unspecified atom stereocenters. The van der Waals surface area contributed by atoms with Crippen molar-refractivity contribution in [2.45, 2.75) is 39.2 Å². The Morgan fingerprint density at radius 2 is 2.47 bits per heavy atom. The van der Waals surface area contributed by atoms with Crippen molar-refractivity contribution in [2.24, 2.45) is 16.6 Å². The van der Waals surface area contributed by atoms with E-state index in [0.29, 0.717) is 11.8 Å². The lowest BCUT2D eigenvalue weighted by Gasteiger charge is -2.32. The number of aliphatic imine (C=N–C) groups is 1. The summed E-state index contributed by atoms with van der Waals surface area (Å²) in [6, 6.07) is 0. The number of nitrogens with one attached hydrogen (secondary N) is 1. The van der Waals surface area contributed by atoms with Crippen LogP contribution in [0.5, 0.6) is 0 Å². The van der Waals surface area contributed by atoms with Gasteiger partial charge < -0.3 is 10.6 Å². The molecular weight excluding hydrogens is 214 g/mol. The van der Waals surface area contributed by atoms with E-state index in [9.17, 15) is 0 Å². The lowest BCUT2D eigenvalue weighted by Crippen LogP contribution is -2.37. The SMILES string of the molecule is CC/C=C(/ONC)[C@@]1(C)N=C(N)C=CCC1C. The van der Waals surface area contributed by atoms with Crippen molar-refractivity contribution in [1.82, 2.24) is 5.48 Å². The van der Waals surface area contributed by atoms with Crippen LogP contribution in [0.2, 0.25) is 0 Å². The average molecular weight is 237 g/mol. The predicted molar refractivity (Wildman–Crippen MR) is 71.5 cm³/mol. The van der Waals surface area contributed by atoms with Gasteiger partial charge in [-0.3, -0.25) is 4.99 Å². The summed E-state index contributed by atoms with van der Waals surface area (Å²) < 4.78 is 0. The van der Waals surface area contributed by atoms with Crippen LogP contribution in [-0.2, 0) is 4.84 Å². The summed E-state index contributed by atoms with van der Waals surface area (Å²) in [5.41, 5.74) is 8.18. The summed E-state index contributed by atoms with van der Waals surface area (Å²) in [6.07, 6.45) is 7.83. The minimum absolute atomic E-state index is 0.339. The number of hydroxylamine groups is 1. The molecule has 0 bridgehead atoms. The molecule has 0 aromatic carbocycles. The van der Waals surface area contributed by atoms with Crippen molar-refractivity contribution in [3.05, 3.63) is 24.0 Å². The van der Waals surface area contributed by atoms with Crippen molar-refractivity contribution in [2.75, 3.05) is 7.05 Å². The second kappa shape index (κ2) is 5.87. The predicted octanol–water partition coefficient (Wildman–Crippen LogP) is 2.14. The van der Waals surface area contributed by atoms with Gasteiger partial charge in [0, 0.05) is 7.05 Å². The van der Waals surface area contributed by atoms with E-state index in [2.05, 4.69) is 43.4 Å².